The minimum Gasteiger partial charge on any atom is -0.350 e. The predicted octanol–water partition coefficient (Wildman–Crippen LogP) is 2.89. The molecule has 5 rings (SSSR count). The smallest absolute Gasteiger partial charge is 0.241 e. The molecule has 1 N–H and O–H groups in total. The van der Waals surface area contributed by atoms with Crippen molar-refractivity contribution in [3.8, 4) is 11.1 Å². The second-order valence-electron chi connectivity index (χ2n) is 6.98. The molecule has 4 aromatic rings. The van der Waals surface area contributed by atoms with E-state index in [9.17, 15) is 0 Å². The first kappa shape index (κ1) is 14.4. The van der Waals surface area contributed by atoms with E-state index < -0.39 is 0 Å². The number of benzene rings is 1. The van der Waals surface area contributed by atoms with Crippen molar-refractivity contribution in [1.82, 2.24) is 29.6 Å². The van der Waals surface area contributed by atoms with Gasteiger partial charge in [-0.3, -0.25) is 0 Å². The van der Waals surface area contributed by atoms with E-state index in [1.165, 1.54) is 12.8 Å². The van der Waals surface area contributed by atoms with Crippen LogP contribution in [0.4, 0.5) is 5.95 Å². The molecule has 0 unspecified atom stereocenters. The third kappa shape index (κ3) is 2.34. The van der Waals surface area contributed by atoms with Crippen LogP contribution in [0.2, 0.25) is 0 Å². The van der Waals surface area contributed by atoms with E-state index in [4.69, 9.17) is 0 Å². The molecule has 1 fully saturated rings. The average molecular weight is 333 g/mol. The van der Waals surface area contributed by atoms with E-state index in [2.05, 4.69) is 50.8 Å². The molecule has 0 spiro atoms. The summed E-state index contributed by atoms with van der Waals surface area (Å²) >= 11 is 0. The second kappa shape index (κ2) is 5.27. The van der Waals surface area contributed by atoms with Crippen LogP contribution in [0, 0.1) is 5.92 Å². The van der Waals surface area contributed by atoms with E-state index in [-0.39, 0.29) is 0 Å². The van der Waals surface area contributed by atoms with Gasteiger partial charge < -0.3 is 5.32 Å². The summed E-state index contributed by atoms with van der Waals surface area (Å²) in [6.07, 6.45) is 6.25. The summed E-state index contributed by atoms with van der Waals surface area (Å²) in [4.78, 5) is 4.51. The Morgan fingerprint density at radius 1 is 1.16 bits per heavy atom. The van der Waals surface area contributed by atoms with Crippen LogP contribution in [-0.4, -0.2) is 35.6 Å². The third-order valence-corrected chi connectivity index (χ3v) is 5.05. The molecule has 7 nitrogen and oxygen atoms in total. The molecule has 3 aromatic heterocycles. The Labute approximate surface area is 144 Å². The average Bonchev–Trinajstić information content (AvgIpc) is 3.17. The fraction of sp³-hybridized carbons (Fsp3) is 0.333. The van der Waals surface area contributed by atoms with E-state index in [1.54, 1.807) is 4.68 Å². The van der Waals surface area contributed by atoms with E-state index in [0.717, 1.165) is 33.6 Å². The summed E-state index contributed by atoms with van der Waals surface area (Å²) in [6.45, 7) is 2.27. The van der Waals surface area contributed by atoms with Gasteiger partial charge in [-0.25, -0.2) is 14.2 Å². The van der Waals surface area contributed by atoms with E-state index in [1.807, 2.05) is 30.0 Å². The molecule has 0 radical (unpaired) electrons. The molecule has 0 bridgehead atoms. The topological polar surface area (TPSA) is 72.9 Å². The van der Waals surface area contributed by atoms with Gasteiger partial charge in [-0.05, 0) is 42.5 Å². The van der Waals surface area contributed by atoms with Gasteiger partial charge in [-0.1, -0.05) is 18.2 Å². The second-order valence-corrected chi connectivity index (χ2v) is 6.98. The van der Waals surface area contributed by atoms with Gasteiger partial charge >= 0.3 is 0 Å². The fourth-order valence-corrected chi connectivity index (χ4v) is 3.61. The van der Waals surface area contributed by atoms with Crippen LogP contribution < -0.4 is 5.32 Å². The highest BCUT2D eigenvalue weighted by molar-refractivity contribution is 5.87. The van der Waals surface area contributed by atoms with Crippen LogP contribution in [0.25, 0.3) is 27.7 Å². The van der Waals surface area contributed by atoms with Gasteiger partial charge in [0.2, 0.25) is 5.95 Å². The lowest BCUT2D eigenvalue weighted by Crippen LogP contribution is -2.34. The van der Waals surface area contributed by atoms with Gasteiger partial charge in [0, 0.05) is 24.8 Å². The molecular formula is C18H19N7. The molecule has 0 saturated heterocycles. The number of fused-ring (bicyclic) bond motifs is 2. The van der Waals surface area contributed by atoms with Gasteiger partial charge in [0.1, 0.15) is 5.52 Å². The fourth-order valence-electron chi connectivity index (χ4n) is 3.61. The molecule has 25 heavy (non-hydrogen) atoms. The van der Waals surface area contributed by atoms with Gasteiger partial charge in [0.25, 0.3) is 0 Å². The van der Waals surface area contributed by atoms with Crippen molar-refractivity contribution in [2.75, 3.05) is 5.32 Å². The van der Waals surface area contributed by atoms with Crippen molar-refractivity contribution in [3.05, 3.63) is 36.7 Å². The van der Waals surface area contributed by atoms with Gasteiger partial charge in [-0.15, -0.1) is 10.2 Å². The molecule has 126 valence electrons. The molecule has 0 amide bonds. The van der Waals surface area contributed by atoms with Crippen LogP contribution in [-0.2, 0) is 7.05 Å². The van der Waals surface area contributed by atoms with Crippen LogP contribution in [0.15, 0.2) is 36.7 Å². The maximum absolute atomic E-state index is 4.60. The molecule has 3 heterocycles. The van der Waals surface area contributed by atoms with E-state index in [0.29, 0.717) is 12.0 Å². The lowest BCUT2D eigenvalue weighted by atomic mass is 9.82. The van der Waals surface area contributed by atoms with Gasteiger partial charge in [0.15, 0.2) is 0 Å². The Kier molecular flexibility index (Phi) is 3.03. The first-order chi connectivity index (χ1) is 12.2. The normalized spacial score (nSPS) is 20.1. The van der Waals surface area contributed by atoms with Gasteiger partial charge in [0.05, 0.1) is 17.2 Å². The molecular weight excluding hydrogens is 314 g/mol. The highest BCUT2D eigenvalue weighted by Crippen LogP contribution is 2.30. The number of aryl methyl sites for hydroxylation is 1. The molecule has 7 heteroatoms. The highest BCUT2D eigenvalue weighted by Gasteiger charge is 2.25. The minimum absolute atomic E-state index is 0.502. The number of hydrogen-bond acceptors (Lipinski definition) is 5. The largest absolute Gasteiger partial charge is 0.350 e. The summed E-state index contributed by atoms with van der Waals surface area (Å²) in [5.41, 5.74) is 5.11. The van der Waals surface area contributed by atoms with E-state index >= 15 is 0 Å². The summed E-state index contributed by atoms with van der Waals surface area (Å²) < 4.78 is 3.67. The Hall–Kier alpha value is -2.96. The maximum Gasteiger partial charge on any atom is 0.241 e. The lowest BCUT2D eigenvalue weighted by molar-refractivity contribution is 0.307. The zero-order chi connectivity index (χ0) is 17.0. The molecule has 0 aliphatic heterocycles. The van der Waals surface area contributed by atoms with Crippen LogP contribution in [0.1, 0.15) is 19.8 Å². The molecule has 1 saturated carbocycles. The quantitative estimate of drug-likeness (QED) is 0.624. The number of nitrogens with zero attached hydrogens (tertiary/aromatic N) is 6. The summed E-state index contributed by atoms with van der Waals surface area (Å²) in [6, 6.07) is 8.74. The first-order valence-electron chi connectivity index (χ1n) is 8.58. The zero-order valence-corrected chi connectivity index (χ0v) is 14.2. The SMILES string of the molecule is CC1CC(Nc2ncc3c(-c4ccc5nnn(C)c5c4)ccn3n2)C1. The molecule has 1 aliphatic carbocycles. The standard InChI is InChI=1S/C18H19N7/c1-11-7-13(8-11)20-18-19-10-17-14(5-6-25(17)22-18)12-3-4-15-16(9-12)24(2)23-21-15/h3-6,9-11,13H,7-8H2,1-2H3,(H,20,22). The Balaban J connectivity index is 1.51. The number of nitrogens with one attached hydrogen (secondary N) is 1. The predicted molar refractivity (Wildman–Crippen MR) is 96.3 cm³/mol. The highest BCUT2D eigenvalue weighted by atomic mass is 15.4. The minimum atomic E-state index is 0.502. The van der Waals surface area contributed by atoms with Gasteiger partial charge in [-0.2, -0.15) is 0 Å². The van der Waals surface area contributed by atoms with Crippen molar-refractivity contribution in [2.24, 2.45) is 13.0 Å². The summed E-state index contributed by atoms with van der Waals surface area (Å²) in [5, 5.41) is 16.2. The summed E-state index contributed by atoms with van der Waals surface area (Å²) in [7, 11) is 1.90. The maximum atomic E-state index is 4.60. The van der Waals surface area contributed by atoms with Crippen molar-refractivity contribution in [2.45, 2.75) is 25.8 Å². The monoisotopic (exact) mass is 333 g/mol. The van der Waals surface area contributed by atoms with Crippen molar-refractivity contribution in [1.29, 1.82) is 0 Å². The number of rotatable bonds is 3. The number of anilines is 1. The molecule has 0 atom stereocenters. The first-order valence-corrected chi connectivity index (χ1v) is 8.58. The van der Waals surface area contributed by atoms with Crippen molar-refractivity contribution < 1.29 is 0 Å². The van der Waals surface area contributed by atoms with Crippen LogP contribution in [0.5, 0.6) is 0 Å². The van der Waals surface area contributed by atoms with Crippen LogP contribution >= 0.6 is 0 Å². The molecule has 1 aromatic carbocycles. The number of aromatic nitrogens is 6. The summed E-state index contributed by atoms with van der Waals surface area (Å²) in [5.74, 6) is 1.49. The van der Waals surface area contributed by atoms with Crippen molar-refractivity contribution >= 4 is 22.5 Å². The Morgan fingerprint density at radius 2 is 2.04 bits per heavy atom. The third-order valence-electron chi connectivity index (χ3n) is 5.05. The Morgan fingerprint density at radius 3 is 2.88 bits per heavy atom. The Bertz CT molecular complexity index is 1070. The van der Waals surface area contributed by atoms with Crippen LogP contribution in [0.3, 0.4) is 0 Å². The molecule has 1 aliphatic rings. The lowest BCUT2D eigenvalue weighted by Gasteiger charge is -2.33. The number of hydrogen-bond donors (Lipinski definition) is 1. The zero-order valence-electron chi connectivity index (χ0n) is 14.2. The van der Waals surface area contributed by atoms with Crippen molar-refractivity contribution in [3.63, 3.8) is 0 Å².